The molecule has 1 aromatic carbocycles. The van der Waals surface area contributed by atoms with E-state index in [1.54, 1.807) is 0 Å². The van der Waals surface area contributed by atoms with Gasteiger partial charge in [0.05, 0.1) is 6.10 Å². The Morgan fingerprint density at radius 1 is 1.35 bits per heavy atom. The van der Waals surface area contributed by atoms with E-state index >= 15 is 0 Å². The van der Waals surface area contributed by atoms with Crippen molar-refractivity contribution in [1.29, 1.82) is 0 Å². The first-order valence-corrected chi connectivity index (χ1v) is 5.27. The second-order valence-electron chi connectivity index (χ2n) is 3.81. The Balaban J connectivity index is 0.00000108. The fraction of sp³-hybridized carbons (Fsp3) is 0.400. The van der Waals surface area contributed by atoms with Crippen molar-refractivity contribution in [3.05, 3.63) is 17.7 Å². The van der Waals surface area contributed by atoms with Crippen LogP contribution in [0.1, 0.15) is 11.7 Å². The summed E-state index contributed by atoms with van der Waals surface area (Å²) in [5.41, 5.74) is 7.13. The van der Waals surface area contributed by atoms with Crippen molar-refractivity contribution < 1.29 is 19.2 Å². The number of hydrogen-bond acceptors (Lipinski definition) is 5. The average molecular weight is 257 g/mol. The molecule has 2 heterocycles. The third kappa shape index (κ3) is 1.87. The molecule has 3 rings (SSSR count). The summed E-state index contributed by atoms with van der Waals surface area (Å²) in [7, 11) is -0.972. The number of hydrogen-bond donors (Lipinski definition) is 2. The standard InChI is InChI=1S/C10H12BNO4.ClH/c12-5-8-6-1-2-7-10(15-4-3-14-7)9(6)11(13)16-8;/h1-2,8,13H,3-5,12H2;1H. The number of benzene rings is 1. The molecule has 7 heteroatoms. The topological polar surface area (TPSA) is 73.9 Å². The van der Waals surface area contributed by atoms with Gasteiger partial charge in [0, 0.05) is 12.0 Å². The molecule has 1 aromatic rings. The highest BCUT2D eigenvalue weighted by molar-refractivity contribution is 6.63. The SMILES string of the molecule is Cl.NCC1OB(O)c2c1ccc1c2OCCO1. The molecule has 0 bridgehead atoms. The molecule has 17 heavy (non-hydrogen) atoms. The molecule has 2 aliphatic heterocycles. The third-order valence-corrected chi connectivity index (χ3v) is 2.88. The van der Waals surface area contributed by atoms with Gasteiger partial charge < -0.3 is 24.9 Å². The minimum Gasteiger partial charge on any atom is -0.486 e. The van der Waals surface area contributed by atoms with Gasteiger partial charge in [0.2, 0.25) is 0 Å². The molecule has 1 unspecified atom stereocenters. The van der Waals surface area contributed by atoms with Crippen LogP contribution in [0.15, 0.2) is 12.1 Å². The van der Waals surface area contributed by atoms with E-state index in [1.165, 1.54) is 0 Å². The van der Waals surface area contributed by atoms with Gasteiger partial charge in [0.1, 0.15) is 13.2 Å². The molecule has 0 aromatic heterocycles. The second kappa shape index (κ2) is 4.74. The molecule has 0 radical (unpaired) electrons. The minimum absolute atomic E-state index is 0. The van der Waals surface area contributed by atoms with Gasteiger partial charge >= 0.3 is 7.12 Å². The van der Waals surface area contributed by atoms with Gasteiger partial charge in [-0.25, -0.2) is 0 Å². The van der Waals surface area contributed by atoms with Crippen molar-refractivity contribution in [2.45, 2.75) is 6.10 Å². The molecule has 0 amide bonds. The Hall–Kier alpha value is -0.945. The first kappa shape index (κ1) is 12.5. The van der Waals surface area contributed by atoms with Crippen LogP contribution in [-0.2, 0) is 4.65 Å². The van der Waals surface area contributed by atoms with Gasteiger partial charge in [-0.05, 0) is 11.6 Å². The van der Waals surface area contributed by atoms with Crippen molar-refractivity contribution in [2.24, 2.45) is 5.73 Å². The highest BCUT2D eigenvalue weighted by Gasteiger charge is 2.39. The third-order valence-electron chi connectivity index (χ3n) is 2.88. The smallest absolute Gasteiger partial charge is 0.486 e. The fourth-order valence-corrected chi connectivity index (χ4v) is 2.17. The molecule has 0 saturated heterocycles. The van der Waals surface area contributed by atoms with Crippen LogP contribution in [0, 0.1) is 0 Å². The van der Waals surface area contributed by atoms with E-state index in [4.69, 9.17) is 19.9 Å². The number of rotatable bonds is 1. The normalized spacial score (nSPS) is 20.8. The van der Waals surface area contributed by atoms with E-state index in [2.05, 4.69) is 0 Å². The molecule has 0 aliphatic carbocycles. The van der Waals surface area contributed by atoms with Gasteiger partial charge in [0.25, 0.3) is 0 Å². The zero-order chi connectivity index (χ0) is 11.1. The van der Waals surface area contributed by atoms with Crippen molar-refractivity contribution in [2.75, 3.05) is 19.8 Å². The number of nitrogens with two attached hydrogens (primary N) is 1. The number of fused-ring (bicyclic) bond motifs is 3. The van der Waals surface area contributed by atoms with Gasteiger partial charge in [-0.2, -0.15) is 0 Å². The van der Waals surface area contributed by atoms with E-state index in [-0.39, 0.29) is 18.5 Å². The van der Waals surface area contributed by atoms with Crippen LogP contribution in [-0.4, -0.2) is 31.9 Å². The lowest BCUT2D eigenvalue weighted by Gasteiger charge is -2.21. The van der Waals surface area contributed by atoms with Crippen molar-refractivity contribution >= 4 is 25.0 Å². The van der Waals surface area contributed by atoms with E-state index in [0.29, 0.717) is 36.7 Å². The van der Waals surface area contributed by atoms with Crippen LogP contribution >= 0.6 is 12.4 Å². The number of halogens is 1. The maximum absolute atomic E-state index is 9.83. The summed E-state index contributed by atoms with van der Waals surface area (Å²) in [6.07, 6.45) is -0.263. The quantitative estimate of drug-likeness (QED) is 0.670. The van der Waals surface area contributed by atoms with Crippen molar-refractivity contribution in [3.8, 4) is 11.5 Å². The van der Waals surface area contributed by atoms with Crippen LogP contribution in [0.5, 0.6) is 11.5 Å². The Bertz CT molecular complexity index is 431. The van der Waals surface area contributed by atoms with E-state index in [9.17, 15) is 5.02 Å². The van der Waals surface area contributed by atoms with Gasteiger partial charge in [0.15, 0.2) is 11.5 Å². The lowest BCUT2D eigenvalue weighted by atomic mass is 9.78. The van der Waals surface area contributed by atoms with Crippen LogP contribution in [0.2, 0.25) is 0 Å². The summed E-state index contributed by atoms with van der Waals surface area (Å²) in [5.74, 6) is 1.25. The summed E-state index contributed by atoms with van der Waals surface area (Å²) in [4.78, 5) is 0. The molecule has 92 valence electrons. The fourth-order valence-electron chi connectivity index (χ4n) is 2.17. The van der Waals surface area contributed by atoms with Crippen LogP contribution in [0.4, 0.5) is 0 Å². The summed E-state index contributed by atoms with van der Waals surface area (Å²) in [6.45, 7) is 1.36. The molecule has 3 N–H and O–H groups in total. The average Bonchev–Trinajstić information content (AvgIpc) is 2.66. The van der Waals surface area contributed by atoms with E-state index < -0.39 is 7.12 Å². The van der Waals surface area contributed by atoms with Crippen LogP contribution < -0.4 is 20.7 Å². The predicted molar refractivity (Wildman–Crippen MR) is 65.2 cm³/mol. The lowest BCUT2D eigenvalue weighted by Crippen LogP contribution is -2.32. The van der Waals surface area contributed by atoms with Crippen LogP contribution in [0.3, 0.4) is 0 Å². The molecule has 0 spiro atoms. The van der Waals surface area contributed by atoms with Gasteiger partial charge in [-0.3, -0.25) is 0 Å². The summed E-state index contributed by atoms with van der Waals surface area (Å²) < 4.78 is 16.3. The summed E-state index contributed by atoms with van der Waals surface area (Å²) in [6, 6.07) is 3.70. The predicted octanol–water partition coefficient (Wildman–Crippen LogP) is -0.403. The van der Waals surface area contributed by atoms with Gasteiger partial charge in [-0.15, -0.1) is 12.4 Å². The van der Waals surface area contributed by atoms with Crippen molar-refractivity contribution in [1.82, 2.24) is 0 Å². The Morgan fingerprint density at radius 2 is 2.12 bits per heavy atom. The summed E-state index contributed by atoms with van der Waals surface area (Å²) in [5, 5.41) is 9.83. The molecule has 5 nitrogen and oxygen atoms in total. The zero-order valence-corrected chi connectivity index (χ0v) is 9.90. The maximum Gasteiger partial charge on any atom is 0.496 e. The zero-order valence-electron chi connectivity index (χ0n) is 9.09. The Kier molecular flexibility index (Phi) is 3.49. The Morgan fingerprint density at radius 3 is 2.88 bits per heavy atom. The maximum atomic E-state index is 9.83. The van der Waals surface area contributed by atoms with Crippen molar-refractivity contribution in [3.63, 3.8) is 0 Å². The molecular weight excluding hydrogens is 244 g/mol. The van der Waals surface area contributed by atoms with Crippen LogP contribution in [0.25, 0.3) is 0 Å². The highest BCUT2D eigenvalue weighted by Crippen LogP contribution is 2.35. The largest absolute Gasteiger partial charge is 0.496 e. The minimum atomic E-state index is -0.972. The Labute approximate surface area is 105 Å². The second-order valence-corrected chi connectivity index (χ2v) is 3.81. The molecular formula is C10H13BClNO4. The van der Waals surface area contributed by atoms with E-state index in [0.717, 1.165) is 5.56 Å². The lowest BCUT2D eigenvalue weighted by molar-refractivity contribution is 0.173. The van der Waals surface area contributed by atoms with Gasteiger partial charge in [-0.1, -0.05) is 6.07 Å². The molecule has 1 atom stereocenters. The molecule has 0 fully saturated rings. The molecule has 2 aliphatic rings. The highest BCUT2D eigenvalue weighted by atomic mass is 35.5. The summed E-state index contributed by atoms with van der Waals surface area (Å²) >= 11 is 0. The molecule has 0 saturated carbocycles. The first-order valence-electron chi connectivity index (χ1n) is 5.27. The number of ether oxygens (including phenoxy) is 2. The monoisotopic (exact) mass is 257 g/mol. The first-order chi connectivity index (χ1) is 7.81. The van der Waals surface area contributed by atoms with E-state index in [1.807, 2.05) is 12.1 Å².